The Bertz CT molecular complexity index is 522. The molecule has 2 rings (SSSR count). The summed E-state index contributed by atoms with van der Waals surface area (Å²) in [5.41, 5.74) is 1.59. The van der Waals surface area contributed by atoms with Crippen LogP contribution in [0.5, 0.6) is 0 Å². The van der Waals surface area contributed by atoms with E-state index in [2.05, 4.69) is 10.6 Å². The monoisotopic (exact) mass is 266 g/mol. The van der Waals surface area contributed by atoms with Crippen LogP contribution in [0.3, 0.4) is 0 Å². The molecule has 0 aliphatic heterocycles. The highest BCUT2D eigenvalue weighted by Crippen LogP contribution is 2.26. The molecule has 0 unspecified atom stereocenters. The van der Waals surface area contributed by atoms with Gasteiger partial charge >= 0.3 is 0 Å². The number of hydrogen-bond donors (Lipinski definition) is 2. The third kappa shape index (κ3) is 2.99. The maximum Gasteiger partial charge on any atom is 0.256 e. The smallest absolute Gasteiger partial charge is 0.256 e. The molecule has 0 spiro atoms. The standard InChI is InChI=1S/C12H11ClN2OS/c1-14-9-4-2-8(3-5-9)12(16)15-11-7-6-10(13)17-11/h2-7,14H,1H3,(H,15,16). The molecule has 0 saturated carbocycles. The van der Waals surface area contributed by atoms with Gasteiger partial charge in [-0.05, 0) is 36.4 Å². The van der Waals surface area contributed by atoms with Gasteiger partial charge in [0.1, 0.15) is 0 Å². The van der Waals surface area contributed by atoms with E-state index in [0.717, 1.165) is 10.7 Å². The molecule has 1 aromatic carbocycles. The predicted molar refractivity (Wildman–Crippen MR) is 73.3 cm³/mol. The van der Waals surface area contributed by atoms with Crippen LogP contribution >= 0.6 is 22.9 Å². The van der Waals surface area contributed by atoms with E-state index >= 15 is 0 Å². The number of amides is 1. The van der Waals surface area contributed by atoms with Crippen molar-refractivity contribution in [2.75, 3.05) is 17.7 Å². The van der Waals surface area contributed by atoms with E-state index in [-0.39, 0.29) is 5.91 Å². The molecular formula is C12H11ClN2OS. The van der Waals surface area contributed by atoms with Gasteiger partial charge in [0.15, 0.2) is 0 Å². The number of anilines is 2. The Morgan fingerprint density at radius 3 is 2.41 bits per heavy atom. The normalized spacial score (nSPS) is 10.0. The van der Waals surface area contributed by atoms with Gasteiger partial charge in [-0.1, -0.05) is 11.6 Å². The van der Waals surface area contributed by atoms with Gasteiger partial charge in [0.2, 0.25) is 0 Å². The average Bonchev–Trinajstić information content (AvgIpc) is 2.75. The molecule has 0 aliphatic carbocycles. The second-order valence-corrected chi connectivity index (χ2v) is 5.10. The van der Waals surface area contributed by atoms with Crippen LogP contribution in [-0.2, 0) is 0 Å². The van der Waals surface area contributed by atoms with Crippen LogP contribution in [0.1, 0.15) is 10.4 Å². The first-order valence-corrected chi connectivity index (χ1v) is 6.23. The third-order valence-corrected chi connectivity index (χ3v) is 3.39. The molecule has 0 fully saturated rings. The minimum atomic E-state index is -0.133. The van der Waals surface area contributed by atoms with Crippen molar-refractivity contribution in [1.82, 2.24) is 0 Å². The fraction of sp³-hybridized carbons (Fsp3) is 0.0833. The first-order chi connectivity index (χ1) is 8.19. The number of carbonyl (C=O) groups is 1. The van der Waals surface area contributed by atoms with Gasteiger partial charge in [0, 0.05) is 18.3 Å². The molecule has 0 atom stereocenters. The summed E-state index contributed by atoms with van der Waals surface area (Å²) in [6, 6.07) is 10.8. The number of hydrogen-bond acceptors (Lipinski definition) is 3. The highest BCUT2D eigenvalue weighted by molar-refractivity contribution is 7.20. The Balaban J connectivity index is 2.09. The van der Waals surface area contributed by atoms with Gasteiger partial charge in [-0.15, -0.1) is 11.3 Å². The second-order valence-electron chi connectivity index (χ2n) is 3.39. The van der Waals surface area contributed by atoms with Crippen molar-refractivity contribution in [3.05, 3.63) is 46.3 Å². The van der Waals surface area contributed by atoms with E-state index in [4.69, 9.17) is 11.6 Å². The van der Waals surface area contributed by atoms with Gasteiger partial charge in [-0.2, -0.15) is 0 Å². The zero-order valence-electron chi connectivity index (χ0n) is 9.16. The van der Waals surface area contributed by atoms with E-state index in [1.807, 2.05) is 19.2 Å². The van der Waals surface area contributed by atoms with E-state index < -0.39 is 0 Å². The van der Waals surface area contributed by atoms with Crippen molar-refractivity contribution in [1.29, 1.82) is 0 Å². The summed E-state index contributed by atoms with van der Waals surface area (Å²) >= 11 is 7.13. The topological polar surface area (TPSA) is 41.1 Å². The van der Waals surface area contributed by atoms with E-state index in [9.17, 15) is 4.79 Å². The molecular weight excluding hydrogens is 256 g/mol. The number of thiophene rings is 1. The van der Waals surface area contributed by atoms with Gasteiger partial charge in [0.25, 0.3) is 5.91 Å². The summed E-state index contributed by atoms with van der Waals surface area (Å²) in [6.45, 7) is 0. The van der Waals surface area contributed by atoms with Gasteiger partial charge in [-0.3, -0.25) is 4.79 Å². The first kappa shape index (κ1) is 12.0. The van der Waals surface area contributed by atoms with Crippen molar-refractivity contribution in [2.24, 2.45) is 0 Å². The summed E-state index contributed by atoms with van der Waals surface area (Å²) in [5, 5.41) is 6.54. The summed E-state index contributed by atoms with van der Waals surface area (Å²) in [5.74, 6) is -0.133. The van der Waals surface area contributed by atoms with Crippen LogP contribution in [0.25, 0.3) is 0 Å². The van der Waals surface area contributed by atoms with Crippen LogP contribution in [-0.4, -0.2) is 13.0 Å². The number of rotatable bonds is 3. The lowest BCUT2D eigenvalue weighted by molar-refractivity contribution is 0.102. The lowest BCUT2D eigenvalue weighted by Gasteiger charge is -2.04. The van der Waals surface area contributed by atoms with Crippen molar-refractivity contribution < 1.29 is 4.79 Å². The highest BCUT2D eigenvalue weighted by atomic mass is 35.5. The van der Waals surface area contributed by atoms with Gasteiger partial charge < -0.3 is 10.6 Å². The van der Waals surface area contributed by atoms with Crippen molar-refractivity contribution in [3.8, 4) is 0 Å². The van der Waals surface area contributed by atoms with E-state index in [0.29, 0.717) is 9.90 Å². The van der Waals surface area contributed by atoms with E-state index in [1.54, 1.807) is 24.3 Å². The number of carbonyl (C=O) groups excluding carboxylic acids is 1. The lowest BCUT2D eigenvalue weighted by Crippen LogP contribution is -2.10. The first-order valence-electron chi connectivity index (χ1n) is 5.03. The molecule has 1 aromatic heterocycles. The fourth-order valence-corrected chi connectivity index (χ4v) is 2.29. The molecule has 0 saturated heterocycles. The molecule has 1 amide bonds. The number of nitrogens with one attached hydrogen (secondary N) is 2. The van der Waals surface area contributed by atoms with Crippen molar-refractivity contribution >= 4 is 39.5 Å². The Morgan fingerprint density at radius 1 is 1.18 bits per heavy atom. The molecule has 2 N–H and O–H groups in total. The lowest BCUT2D eigenvalue weighted by atomic mass is 10.2. The summed E-state index contributed by atoms with van der Waals surface area (Å²) in [6.07, 6.45) is 0. The molecule has 0 radical (unpaired) electrons. The third-order valence-electron chi connectivity index (χ3n) is 2.25. The number of benzene rings is 1. The molecule has 17 heavy (non-hydrogen) atoms. The van der Waals surface area contributed by atoms with Crippen LogP contribution < -0.4 is 10.6 Å². The minimum Gasteiger partial charge on any atom is -0.388 e. The zero-order chi connectivity index (χ0) is 12.3. The molecule has 0 bridgehead atoms. The summed E-state index contributed by atoms with van der Waals surface area (Å²) in [4.78, 5) is 11.9. The number of halogens is 1. The zero-order valence-corrected chi connectivity index (χ0v) is 10.7. The molecule has 0 aliphatic rings. The van der Waals surface area contributed by atoms with Crippen LogP contribution in [0.2, 0.25) is 4.34 Å². The Kier molecular flexibility index (Phi) is 3.66. The molecule has 5 heteroatoms. The van der Waals surface area contributed by atoms with Gasteiger partial charge in [-0.25, -0.2) is 0 Å². The van der Waals surface area contributed by atoms with Crippen LogP contribution in [0.15, 0.2) is 36.4 Å². The summed E-state index contributed by atoms with van der Waals surface area (Å²) in [7, 11) is 1.84. The minimum absolute atomic E-state index is 0.133. The fourth-order valence-electron chi connectivity index (χ4n) is 1.35. The highest BCUT2D eigenvalue weighted by Gasteiger charge is 2.07. The van der Waals surface area contributed by atoms with E-state index in [1.165, 1.54) is 11.3 Å². The quantitative estimate of drug-likeness (QED) is 0.889. The van der Waals surface area contributed by atoms with Gasteiger partial charge in [0.05, 0.1) is 9.34 Å². The maximum absolute atomic E-state index is 11.9. The average molecular weight is 267 g/mol. The molecule has 3 nitrogen and oxygen atoms in total. The summed E-state index contributed by atoms with van der Waals surface area (Å²) < 4.78 is 0.658. The van der Waals surface area contributed by atoms with Crippen molar-refractivity contribution in [3.63, 3.8) is 0 Å². The largest absolute Gasteiger partial charge is 0.388 e. The Hall–Kier alpha value is -1.52. The Labute approximate surface area is 108 Å². The Morgan fingerprint density at radius 2 is 1.88 bits per heavy atom. The predicted octanol–water partition coefficient (Wildman–Crippen LogP) is 3.70. The molecule has 2 aromatic rings. The molecule has 88 valence electrons. The van der Waals surface area contributed by atoms with Crippen molar-refractivity contribution in [2.45, 2.75) is 0 Å². The SMILES string of the molecule is CNc1ccc(C(=O)Nc2ccc(Cl)s2)cc1. The molecule has 1 heterocycles. The maximum atomic E-state index is 11.9. The van der Waals surface area contributed by atoms with Crippen LogP contribution in [0, 0.1) is 0 Å². The second kappa shape index (κ2) is 5.21. The van der Waals surface area contributed by atoms with Crippen LogP contribution in [0.4, 0.5) is 10.7 Å².